The van der Waals surface area contributed by atoms with Gasteiger partial charge in [0.25, 0.3) is 0 Å². The number of likely N-dealkylation sites (tertiary alicyclic amines) is 1. The predicted octanol–water partition coefficient (Wildman–Crippen LogP) is 1.92. The molecule has 2 aromatic heterocycles. The quantitative estimate of drug-likeness (QED) is 0.778. The molecule has 1 aliphatic heterocycles. The lowest BCUT2D eigenvalue weighted by Crippen LogP contribution is -2.36. The van der Waals surface area contributed by atoms with Crippen LogP contribution in [0, 0.1) is 5.92 Å². The molecule has 1 atom stereocenters. The lowest BCUT2D eigenvalue weighted by atomic mass is 9.98. The van der Waals surface area contributed by atoms with Gasteiger partial charge in [0, 0.05) is 19.5 Å². The number of hydrogen-bond acceptors (Lipinski definition) is 6. The maximum atomic E-state index is 5.38. The standard InChI is InChI=1S/C15H24N6O/c1-2-3-6-14-18-15(22-19-14)10-20-7-4-5-13(8-20)9-21-12-16-11-17-21/h11-13H,2-10H2,1H3/t13-/m1/s1. The highest BCUT2D eigenvalue weighted by Crippen LogP contribution is 2.19. The first-order valence-corrected chi connectivity index (χ1v) is 8.19. The SMILES string of the molecule is CCCCc1noc(CN2CCC[C@@H](Cn3cncn3)C2)n1. The van der Waals surface area contributed by atoms with Crippen LogP contribution >= 0.6 is 0 Å². The van der Waals surface area contributed by atoms with E-state index in [0.717, 1.165) is 57.2 Å². The lowest BCUT2D eigenvalue weighted by molar-refractivity contribution is 0.138. The summed E-state index contributed by atoms with van der Waals surface area (Å²) in [6, 6.07) is 0. The maximum absolute atomic E-state index is 5.38. The van der Waals surface area contributed by atoms with Crippen LogP contribution in [0.1, 0.15) is 44.3 Å². The molecule has 1 fully saturated rings. The molecular weight excluding hydrogens is 280 g/mol. The normalized spacial score (nSPS) is 19.6. The van der Waals surface area contributed by atoms with Gasteiger partial charge in [-0.2, -0.15) is 10.1 Å². The van der Waals surface area contributed by atoms with Crippen molar-refractivity contribution in [2.24, 2.45) is 5.92 Å². The van der Waals surface area contributed by atoms with E-state index in [-0.39, 0.29) is 0 Å². The molecule has 0 bridgehead atoms. The fraction of sp³-hybridized carbons (Fsp3) is 0.733. The van der Waals surface area contributed by atoms with Crippen molar-refractivity contribution in [1.29, 1.82) is 0 Å². The van der Waals surface area contributed by atoms with E-state index in [1.54, 1.807) is 12.7 Å². The van der Waals surface area contributed by atoms with E-state index in [4.69, 9.17) is 4.52 Å². The topological polar surface area (TPSA) is 72.9 Å². The predicted molar refractivity (Wildman–Crippen MR) is 80.9 cm³/mol. The molecule has 1 aliphatic rings. The molecule has 0 N–H and O–H groups in total. The van der Waals surface area contributed by atoms with Crippen LogP contribution in [0.15, 0.2) is 17.2 Å². The number of hydrogen-bond donors (Lipinski definition) is 0. The molecule has 7 heteroatoms. The summed E-state index contributed by atoms with van der Waals surface area (Å²) in [7, 11) is 0. The Kier molecular flexibility index (Phi) is 5.15. The van der Waals surface area contributed by atoms with Gasteiger partial charge in [-0.1, -0.05) is 18.5 Å². The van der Waals surface area contributed by atoms with E-state index in [9.17, 15) is 0 Å². The molecule has 0 unspecified atom stereocenters. The zero-order chi connectivity index (χ0) is 15.2. The summed E-state index contributed by atoms with van der Waals surface area (Å²) in [5, 5.41) is 8.26. The number of nitrogens with zero attached hydrogens (tertiary/aromatic N) is 6. The van der Waals surface area contributed by atoms with Gasteiger partial charge < -0.3 is 4.52 Å². The van der Waals surface area contributed by atoms with Crippen LogP contribution in [0.2, 0.25) is 0 Å². The minimum absolute atomic E-state index is 0.609. The van der Waals surface area contributed by atoms with E-state index in [1.165, 1.54) is 12.8 Å². The largest absolute Gasteiger partial charge is 0.338 e. The molecule has 2 aromatic rings. The smallest absolute Gasteiger partial charge is 0.240 e. The monoisotopic (exact) mass is 304 g/mol. The molecular formula is C15H24N6O. The fourth-order valence-corrected chi connectivity index (χ4v) is 3.02. The first-order chi connectivity index (χ1) is 10.8. The van der Waals surface area contributed by atoms with Crippen molar-refractivity contribution in [2.75, 3.05) is 13.1 Å². The molecule has 0 aliphatic carbocycles. The summed E-state index contributed by atoms with van der Waals surface area (Å²) in [6.45, 7) is 6.01. The van der Waals surface area contributed by atoms with Gasteiger partial charge in [0.05, 0.1) is 6.54 Å². The summed E-state index contributed by atoms with van der Waals surface area (Å²) in [4.78, 5) is 10.9. The van der Waals surface area contributed by atoms with Crippen molar-refractivity contribution < 1.29 is 4.52 Å². The second-order valence-corrected chi connectivity index (χ2v) is 6.07. The number of aryl methyl sites for hydroxylation is 1. The zero-order valence-corrected chi connectivity index (χ0v) is 13.2. The summed E-state index contributed by atoms with van der Waals surface area (Å²) in [5.74, 6) is 2.19. The molecule has 0 aromatic carbocycles. The molecule has 0 radical (unpaired) electrons. The third kappa shape index (κ3) is 4.13. The summed E-state index contributed by atoms with van der Waals surface area (Å²) < 4.78 is 7.30. The van der Waals surface area contributed by atoms with E-state index >= 15 is 0 Å². The van der Waals surface area contributed by atoms with Gasteiger partial charge in [-0.25, -0.2) is 4.98 Å². The van der Waals surface area contributed by atoms with E-state index < -0.39 is 0 Å². The van der Waals surface area contributed by atoms with Gasteiger partial charge in [0.1, 0.15) is 12.7 Å². The Morgan fingerprint density at radius 3 is 3.18 bits per heavy atom. The molecule has 22 heavy (non-hydrogen) atoms. The lowest BCUT2D eigenvalue weighted by Gasteiger charge is -2.31. The van der Waals surface area contributed by atoms with Crippen LogP contribution in [-0.2, 0) is 19.5 Å². The van der Waals surface area contributed by atoms with Crippen LogP contribution in [0.25, 0.3) is 0 Å². The van der Waals surface area contributed by atoms with Crippen LogP contribution in [0.3, 0.4) is 0 Å². The average Bonchev–Trinajstić information content (AvgIpc) is 3.17. The molecule has 1 saturated heterocycles. The van der Waals surface area contributed by atoms with Crippen molar-refractivity contribution in [3.63, 3.8) is 0 Å². The summed E-state index contributed by atoms with van der Waals surface area (Å²) in [6.07, 6.45) is 9.00. The van der Waals surface area contributed by atoms with Crippen LogP contribution in [0.5, 0.6) is 0 Å². The van der Waals surface area contributed by atoms with Crippen molar-refractivity contribution in [3.8, 4) is 0 Å². The highest BCUT2D eigenvalue weighted by atomic mass is 16.5. The Morgan fingerprint density at radius 1 is 1.41 bits per heavy atom. The first kappa shape index (κ1) is 15.1. The molecule has 0 spiro atoms. The van der Waals surface area contributed by atoms with Crippen LogP contribution in [-0.4, -0.2) is 42.9 Å². The van der Waals surface area contributed by atoms with Gasteiger partial charge >= 0.3 is 0 Å². The molecule has 7 nitrogen and oxygen atoms in total. The third-order valence-electron chi connectivity index (χ3n) is 4.14. The average molecular weight is 304 g/mol. The van der Waals surface area contributed by atoms with Crippen molar-refractivity contribution in [2.45, 2.75) is 52.1 Å². The van der Waals surface area contributed by atoms with Gasteiger partial charge in [-0.05, 0) is 31.7 Å². The first-order valence-electron chi connectivity index (χ1n) is 8.19. The second-order valence-electron chi connectivity index (χ2n) is 6.07. The van der Waals surface area contributed by atoms with Crippen molar-refractivity contribution >= 4 is 0 Å². The summed E-state index contributed by atoms with van der Waals surface area (Å²) in [5.41, 5.74) is 0. The maximum Gasteiger partial charge on any atom is 0.240 e. The summed E-state index contributed by atoms with van der Waals surface area (Å²) >= 11 is 0. The molecule has 0 amide bonds. The van der Waals surface area contributed by atoms with Gasteiger partial charge in [-0.15, -0.1) is 0 Å². The Hall–Kier alpha value is -1.76. The Morgan fingerprint density at radius 2 is 2.36 bits per heavy atom. The van der Waals surface area contributed by atoms with Crippen molar-refractivity contribution in [3.05, 3.63) is 24.4 Å². The molecule has 120 valence electrons. The number of piperidine rings is 1. The fourth-order valence-electron chi connectivity index (χ4n) is 3.02. The second kappa shape index (κ2) is 7.49. The third-order valence-corrected chi connectivity index (χ3v) is 4.14. The van der Waals surface area contributed by atoms with Gasteiger partial charge in [0.15, 0.2) is 5.82 Å². The minimum atomic E-state index is 0.609. The number of aromatic nitrogens is 5. The Labute approximate surface area is 130 Å². The van der Waals surface area contributed by atoms with Gasteiger partial charge in [0.2, 0.25) is 5.89 Å². The van der Waals surface area contributed by atoms with E-state index in [1.807, 2.05) is 4.68 Å². The zero-order valence-electron chi connectivity index (χ0n) is 13.2. The Balaban J connectivity index is 1.50. The number of rotatable bonds is 7. The molecule has 0 saturated carbocycles. The van der Waals surface area contributed by atoms with Crippen LogP contribution in [0.4, 0.5) is 0 Å². The Bertz CT molecular complexity index is 552. The van der Waals surface area contributed by atoms with Gasteiger partial charge in [-0.3, -0.25) is 9.58 Å². The van der Waals surface area contributed by atoms with Crippen molar-refractivity contribution in [1.82, 2.24) is 29.8 Å². The van der Waals surface area contributed by atoms with E-state index in [2.05, 4.69) is 32.0 Å². The molecule has 3 heterocycles. The van der Waals surface area contributed by atoms with Crippen LogP contribution < -0.4 is 0 Å². The molecule has 3 rings (SSSR count). The number of unbranched alkanes of at least 4 members (excludes halogenated alkanes) is 1. The highest BCUT2D eigenvalue weighted by Gasteiger charge is 2.22. The minimum Gasteiger partial charge on any atom is -0.338 e. The van der Waals surface area contributed by atoms with E-state index in [0.29, 0.717) is 5.92 Å². The highest BCUT2D eigenvalue weighted by molar-refractivity contribution is 4.87.